The third kappa shape index (κ3) is 5.10. The van der Waals surface area contributed by atoms with E-state index in [2.05, 4.69) is 22.7 Å². The summed E-state index contributed by atoms with van der Waals surface area (Å²) in [6.45, 7) is 2.81. The largest absolute Gasteiger partial charge is 0.396 e. The molecule has 0 saturated heterocycles. The first-order chi connectivity index (χ1) is 11.2. The first kappa shape index (κ1) is 17.0. The highest BCUT2D eigenvalue weighted by molar-refractivity contribution is 5.91. The van der Waals surface area contributed by atoms with Crippen molar-refractivity contribution in [2.75, 3.05) is 18.5 Å². The van der Waals surface area contributed by atoms with Crippen LogP contribution in [-0.2, 0) is 0 Å². The average molecular weight is 316 g/mol. The molecule has 6 heteroatoms. The number of para-hydroxylation sites is 2. The summed E-state index contributed by atoms with van der Waals surface area (Å²) >= 11 is 0. The van der Waals surface area contributed by atoms with E-state index in [4.69, 9.17) is 5.11 Å². The van der Waals surface area contributed by atoms with Crippen LogP contribution < -0.4 is 10.6 Å². The third-order valence-electron chi connectivity index (χ3n) is 3.69. The van der Waals surface area contributed by atoms with Gasteiger partial charge in [-0.15, -0.1) is 0 Å². The van der Waals surface area contributed by atoms with Gasteiger partial charge in [0.05, 0.1) is 11.4 Å². The fraction of sp³-hybridized carbons (Fsp3) is 0.412. The topological polar surface area (TPSA) is 79.2 Å². The number of anilines is 1. The Hall–Kier alpha value is -2.34. The molecule has 0 fully saturated rings. The number of hydrogen-bond acceptors (Lipinski definition) is 3. The molecule has 0 saturated carbocycles. The lowest BCUT2D eigenvalue weighted by atomic mass is 10.0. The Kier molecular flexibility index (Phi) is 6.62. The highest BCUT2D eigenvalue weighted by Crippen LogP contribution is 2.18. The van der Waals surface area contributed by atoms with E-state index in [1.54, 1.807) is 10.9 Å². The van der Waals surface area contributed by atoms with E-state index < -0.39 is 0 Å². The molecule has 2 aromatic rings. The number of benzene rings is 1. The number of aliphatic hydroxyl groups excluding tert-OH is 1. The fourth-order valence-corrected chi connectivity index (χ4v) is 2.53. The zero-order valence-electron chi connectivity index (χ0n) is 13.4. The molecule has 1 heterocycles. The summed E-state index contributed by atoms with van der Waals surface area (Å²) in [7, 11) is 0. The number of carbonyl (C=O) groups excluding carboxylic acids is 1. The maximum absolute atomic E-state index is 12.1. The number of amides is 2. The van der Waals surface area contributed by atoms with E-state index in [0.717, 1.165) is 18.5 Å². The molecule has 0 spiro atoms. The number of nitrogens with zero attached hydrogens (tertiary/aromatic N) is 2. The minimum atomic E-state index is -0.247. The first-order valence-electron chi connectivity index (χ1n) is 7.99. The molecule has 0 aliphatic carbocycles. The highest BCUT2D eigenvalue weighted by Gasteiger charge is 2.11. The lowest BCUT2D eigenvalue weighted by molar-refractivity contribution is 0.236. The predicted molar refractivity (Wildman–Crippen MR) is 90.7 cm³/mol. The number of carbonyl (C=O) groups is 1. The summed E-state index contributed by atoms with van der Waals surface area (Å²) < 4.78 is 1.71. The fourth-order valence-electron chi connectivity index (χ4n) is 2.53. The van der Waals surface area contributed by atoms with Gasteiger partial charge in [-0.2, -0.15) is 5.10 Å². The average Bonchev–Trinajstić information content (AvgIpc) is 3.08. The standard InChI is InChI=1S/C17H24N4O2/c1-2-6-14(9-12-22)13-18-17(23)20-15-7-3-4-8-16(15)21-11-5-10-19-21/h3-5,7-8,10-11,14,22H,2,6,9,12-13H2,1H3,(H2,18,20,23). The van der Waals surface area contributed by atoms with Crippen LogP contribution in [0.1, 0.15) is 26.2 Å². The molecule has 6 nitrogen and oxygen atoms in total. The van der Waals surface area contributed by atoms with Gasteiger partial charge in [0.1, 0.15) is 0 Å². The van der Waals surface area contributed by atoms with Crippen LogP contribution in [0.15, 0.2) is 42.7 Å². The lowest BCUT2D eigenvalue weighted by Gasteiger charge is -2.17. The predicted octanol–water partition coefficient (Wildman–Crippen LogP) is 2.79. The number of urea groups is 1. The molecule has 1 atom stereocenters. The zero-order chi connectivity index (χ0) is 16.5. The molecule has 2 amide bonds. The van der Waals surface area contributed by atoms with Gasteiger partial charge in [-0.05, 0) is 37.0 Å². The van der Waals surface area contributed by atoms with Crippen LogP contribution in [-0.4, -0.2) is 34.1 Å². The van der Waals surface area contributed by atoms with Crippen molar-refractivity contribution in [2.45, 2.75) is 26.2 Å². The lowest BCUT2D eigenvalue weighted by Crippen LogP contribution is -2.33. The second kappa shape index (κ2) is 8.95. The van der Waals surface area contributed by atoms with Crippen molar-refractivity contribution >= 4 is 11.7 Å². The maximum atomic E-state index is 12.1. The highest BCUT2D eigenvalue weighted by atomic mass is 16.3. The van der Waals surface area contributed by atoms with Gasteiger partial charge >= 0.3 is 6.03 Å². The second-order valence-electron chi connectivity index (χ2n) is 5.47. The Morgan fingerprint density at radius 1 is 1.30 bits per heavy atom. The summed E-state index contributed by atoms with van der Waals surface area (Å²) in [5.74, 6) is 0.303. The Morgan fingerprint density at radius 3 is 2.83 bits per heavy atom. The quantitative estimate of drug-likeness (QED) is 0.700. The minimum absolute atomic E-state index is 0.149. The Bertz CT molecular complexity index is 592. The second-order valence-corrected chi connectivity index (χ2v) is 5.47. The van der Waals surface area contributed by atoms with Crippen molar-refractivity contribution in [1.82, 2.24) is 15.1 Å². The number of hydrogen-bond donors (Lipinski definition) is 3. The van der Waals surface area contributed by atoms with E-state index >= 15 is 0 Å². The molecule has 1 aromatic carbocycles. The van der Waals surface area contributed by atoms with Crippen LogP contribution in [0.4, 0.5) is 10.5 Å². The summed E-state index contributed by atoms with van der Waals surface area (Å²) in [5, 5.41) is 19.0. The Labute approximate surface area is 136 Å². The molecule has 23 heavy (non-hydrogen) atoms. The van der Waals surface area contributed by atoms with Gasteiger partial charge in [0, 0.05) is 25.5 Å². The molecular weight excluding hydrogens is 292 g/mol. The molecule has 1 aromatic heterocycles. The van der Waals surface area contributed by atoms with Crippen LogP contribution in [0, 0.1) is 5.92 Å². The zero-order valence-corrected chi connectivity index (χ0v) is 13.4. The Morgan fingerprint density at radius 2 is 2.13 bits per heavy atom. The monoisotopic (exact) mass is 316 g/mol. The van der Waals surface area contributed by atoms with E-state index in [9.17, 15) is 4.79 Å². The summed E-state index contributed by atoms with van der Waals surface area (Å²) in [6.07, 6.45) is 6.26. The van der Waals surface area contributed by atoms with Gasteiger partial charge in [-0.25, -0.2) is 9.48 Å². The van der Waals surface area contributed by atoms with Crippen LogP contribution in [0.2, 0.25) is 0 Å². The molecule has 124 valence electrons. The van der Waals surface area contributed by atoms with Crippen molar-refractivity contribution in [3.8, 4) is 5.69 Å². The summed E-state index contributed by atoms with van der Waals surface area (Å²) in [4.78, 5) is 12.1. The van der Waals surface area contributed by atoms with Gasteiger partial charge < -0.3 is 15.7 Å². The molecular formula is C17H24N4O2. The van der Waals surface area contributed by atoms with Crippen molar-refractivity contribution in [1.29, 1.82) is 0 Å². The van der Waals surface area contributed by atoms with E-state index in [-0.39, 0.29) is 12.6 Å². The number of aromatic nitrogens is 2. The molecule has 3 N–H and O–H groups in total. The maximum Gasteiger partial charge on any atom is 0.319 e. The third-order valence-corrected chi connectivity index (χ3v) is 3.69. The van der Waals surface area contributed by atoms with Crippen molar-refractivity contribution < 1.29 is 9.90 Å². The Balaban J connectivity index is 1.95. The molecule has 0 radical (unpaired) electrons. The van der Waals surface area contributed by atoms with E-state index in [1.165, 1.54) is 0 Å². The SMILES string of the molecule is CCCC(CCO)CNC(=O)Nc1ccccc1-n1cccn1. The van der Waals surface area contributed by atoms with Gasteiger partial charge in [-0.3, -0.25) is 0 Å². The van der Waals surface area contributed by atoms with Gasteiger partial charge in [0.15, 0.2) is 0 Å². The molecule has 1 unspecified atom stereocenters. The van der Waals surface area contributed by atoms with Crippen LogP contribution in [0.5, 0.6) is 0 Å². The minimum Gasteiger partial charge on any atom is -0.396 e. The first-order valence-corrected chi connectivity index (χ1v) is 7.99. The smallest absolute Gasteiger partial charge is 0.319 e. The number of rotatable bonds is 8. The molecule has 2 rings (SSSR count). The van der Waals surface area contributed by atoms with Gasteiger partial charge in [-0.1, -0.05) is 25.5 Å². The van der Waals surface area contributed by atoms with Crippen LogP contribution in [0.3, 0.4) is 0 Å². The van der Waals surface area contributed by atoms with Gasteiger partial charge in [0.2, 0.25) is 0 Å². The van der Waals surface area contributed by atoms with Crippen LogP contribution >= 0.6 is 0 Å². The number of aliphatic hydroxyl groups is 1. The van der Waals surface area contributed by atoms with Crippen molar-refractivity contribution in [2.24, 2.45) is 5.92 Å². The van der Waals surface area contributed by atoms with E-state index in [1.807, 2.05) is 36.5 Å². The summed E-state index contributed by atoms with van der Waals surface area (Å²) in [6, 6.07) is 9.10. The summed E-state index contributed by atoms with van der Waals surface area (Å²) in [5.41, 5.74) is 1.51. The van der Waals surface area contributed by atoms with Crippen LogP contribution in [0.25, 0.3) is 5.69 Å². The normalized spacial score (nSPS) is 11.9. The number of nitrogens with one attached hydrogen (secondary N) is 2. The van der Waals surface area contributed by atoms with Gasteiger partial charge in [0.25, 0.3) is 0 Å². The molecule has 0 aliphatic rings. The van der Waals surface area contributed by atoms with Crippen molar-refractivity contribution in [3.05, 3.63) is 42.7 Å². The molecule has 0 bridgehead atoms. The van der Waals surface area contributed by atoms with E-state index in [0.29, 0.717) is 24.6 Å². The molecule has 0 aliphatic heterocycles. The van der Waals surface area contributed by atoms with Crippen molar-refractivity contribution in [3.63, 3.8) is 0 Å².